The van der Waals surface area contributed by atoms with Gasteiger partial charge in [-0.1, -0.05) is 0 Å². The Morgan fingerprint density at radius 3 is 2.53 bits per heavy atom. The molecular formula is C10H15NO6. The molecule has 96 valence electrons. The summed E-state index contributed by atoms with van der Waals surface area (Å²) in [7, 11) is 0. The van der Waals surface area contributed by atoms with E-state index in [9.17, 15) is 14.4 Å². The molecule has 7 heteroatoms. The van der Waals surface area contributed by atoms with E-state index in [-0.39, 0.29) is 13.2 Å². The third-order valence-electron chi connectivity index (χ3n) is 2.30. The number of carbonyl (C=O) groups excluding carboxylic acids is 2. The highest BCUT2D eigenvalue weighted by Crippen LogP contribution is 2.19. The summed E-state index contributed by atoms with van der Waals surface area (Å²) in [5.41, 5.74) is 0. The number of ether oxygens (including phenoxy) is 2. The minimum Gasteiger partial charge on any atom is -0.479 e. The molecule has 1 rings (SSSR count). The number of carboxylic acids is 1. The first-order chi connectivity index (χ1) is 8.04. The zero-order chi connectivity index (χ0) is 12.8. The summed E-state index contributed by atoms with van der Waals surface area (Å²) in [5, 5.41) is 11.0. The van der Waals surface area contributed by atoms with Gasteiger partial charge >= 0.3 is 11.9 Å². The molecule has 0 aromatic heterocycles. The molecule has 0 saturated carbocycles. The highest BCUT2D eigenvalue weighted by atomic mass is 16.5. The maximum Gasteiger partial charge on any atom is 0.332 e. The fourth-order valence-corrected chi connectivity index (χ4v) is 1.50. The Balaban J connectivity index is 2.30. The lowest BCUT2D eigenvalue weighted by Crippen LogP contribution is -2.38. The Hall–Kier alpha value is -1.63. The van der Waals surface area contributed by atoms with Crippen LogP contribution in [-0.2, 0) is 23.9 Å². The van der Waals surface area contributed by atoms with E-state index in [0.717, 1.165) is 0 Å². The van der Waals surface area contributed by atoms with Gasteiger partial charge in [0.25, 0.3) is 0 Å². The van der Waals surface area contributed by atoms with Crippen LogP contribution in [0, 0.1) is 0 Å². The molecule has 0 bridgehead atoms. The van der Waals surface area contributed by atoms with Crippen LogP contribution in [0.15, 0.2) is 0 Å². The van der Waals surface area contributed by atoms with E-state index in [1.807, 2.05) is 0 Å². The van der Waals surface area contributed by atoms with Crippen molar-refractivity contribution in [1.29, 1.82) is 0 Å². The molecule has 1 amide bonds. The molecule has 1 aliphatic heterocycles. The number of aliphatic carboxylic acids is 1. The molecule has 1 fully saturated rings. The van der Waals surface area contributed by atoms with Gasteiger partial charge in [0.15, 0.2) is 6.10 Å². The predicted octanol–water partition coefficient (Wildman–Crippen LogP) is -0.702. The number of nitrogens with one attached hydrogen (secondary N) is 1. The van der Waals surface area contributed by atoms with Crippen molar-refractivity contribution >= 4 is 17.8 Å². The number of carbonyl (C=O) groups is 3. The monoisotopic (exact) mass is 245 g/mol. The Labute approximate surface area is 98.1 Å². The highest BCUT2D eigenvalue weighted by molar-refractivity contribution is 5.86. The average molecular weight is 245 g/mol. The Bertz CT molecular complexity index is 316. The zero-order valence-corrected chi connectivity index (χ0v) is 9.47. The van der Waals surface area contributed by atoms with Crippen LogP contribution in [0.25, 0.3) is 0 Å². The van der Waals surface area contributed by atoms with Crippen LogP contribution in [0.5, 0.6) is 0 Å². The molecule has 0 radical (unpaired) electrons. The van der Waals surface area contributed by atoms with E-state index in [2.05, 4.69) is 10.1 Å². The minimum absolute atomic E-state index is 0.232. The molecule has 0 aromatic carbocycles. The smallest absolute Gasteiger partial charge is 0.332 e. The van der Waals surface area contributed by atoms with Crippen molar-refractivity contribution in [3.05, 3.63) is 0 Å². The van der Waals surface area contributed by atoms with Crippen LogP contribution < -0.4 is 5.32 Å². The van der Waals surface area contributed by atoms with Gasteiger partial charge in [-0.25, -0.2) is 4.79 Å². The molecule has 0 spiro atoms. The van der Waals surface area contributed by atoms with Gasteiger partial charge in [0, 0.05) is 0 Å². The van der Waals surface area contributed by atoms with Crippen LogP contribution in [0.2, 0.25) is 0 Å². The van der Waals surface area contributed by atoms with Crippen molar-refractivity contribution in [1.82, 2.24) is 5.32 Å². The molecule has 2 N–H and O–H groups in total. The fraction of sp³-hybridized carbons (Fsp3) is 0.700. The maximum atomic E-state index is 11.5. The summed E-state index contributed by atoms with van der Waals surface area (Å²) in [5.74, 6) is -2.10. The second-order valence-electron chi connectivity index (χ2n) is 3.55. The minimum atomic E-state index is -1.08. The van der Waals surface area contributed by atoms with E-state index in [4.69, 9.17) is 9.84 Å². The summed E-state index contributed by atoms with van der Waals surface area (Å²) in [6.45, 7) is 1.68. The summed E-state index contributed by atoms with van der Waals surface area (Å²) in [6, 6.07) is 0. The Morgan fingerprint density at radius 1 is 1.35 bits per heavy atom. The number of carboxylic acid groups (broad SMARTS) is 1. The van der Waals surface area contributed by atoms with Crippen molar-refractivity contribution in [2.75, 3.05) is 13.2 Å². The standard InChI is InChI=1S/C10H15NO6/c1-2-16-8(12)5-11-9(13)6-3-4-7(17-6)10(14)15/h6-7H,2-5H2,1H3,(H,11,13)(H,14,15). The van der Waals surface area contributed by atoms with Crippen molar-refractivity contribution in [2.45, 2.75) is 32.0 Å². The van der Waals surface area contributed by atoms with E-state index in [0.29, 0.717) is 12.8 Å². The average Bonchev–Trinajstić information content (AvgIpc) is 2.75. The lowest BCUT2D eigenvalue weighted by Gasteiger charge is -2.11. The summed E-state index contributed by atoms with van der Waals surface area (Å²) < 4.78 is 9.64. The number of amides is 1. The summed E-state index contributed by atoms with van der Waals surface area (Å²) in [6.07, 6.45) is -1.10. The number of hydrogen-bond acceptors (Lipinski definition) is 5. The van der Waals surface area contributed by atoms with Crippen LogP contribution in [0.3, 0.4) is 0 Å². The zero-order valence-electron chi connectivity index (χ0n) is 9.47. The molecule has 1 saturated heterocycles. The quantitative estimate of drug-likeness (QED) is 0.621. The molecule has 17 heavy (non-hydrogen) atoms. The van der Waals surface area contributed by atoms with Gasteiger partial charge in [-0.05, 0) is 19.8 Å². The molecule has 1 heterocycles. The number of hydrogen-bond donors (Lipinski definition) is 2. The van der Waals surface area contributed by atoms with Gasteiger partial charge in [0.05, 0.1) is 6.61 Å². The third kappa shape index (κ3) is 4.03. The molecule has 7 nitrogen and oxygen atoms in total. The van der Waals surface area contributed by atoms with Gasteiger partial charge in [-0.3, -0.25) is 9.59 Å². The molecule has 2 atom stereocenters. The lowest BCUT2D eigenvalue weighted by molar-refractivity contribution is -0.153. The predicted molar refractivity (Wildman–Crippen MR) is 55.2 cm³/mol. The van der Waals surface area contributed by atoms with Gasteiger partial charge in [-0.2, -0.15) is 0 Å². The van der Waals surface area contributed by atoms with Crippen LogP contribution in [0.1, 0.15) is 19.8 Å². The van der Waals surface area contributed by atoms with Gasteiger partial charge < -0.3 is 19.9 Å². The van der Waals surface area contributed by atoms with E-state index >= 15 is 0 Å². The lowest BCUT2D eigenvalue weighted by atomic mass is 10.2. The van der Waals surface area contributed by atoms with Crippen LogP contribution in [-0.4, -0.2) is 48.3 Å². The Morgan fingerprint density at radius 2 is 2.00 bits per heavy atom. The van der Waals surface area contributed by atoms with Crippen molar-refractivity contribution < 1.29 is 29.0 Å². The Kier molecular flexibility index (Phi) is 4.89. The first-order valence-electron chi connectivity index (χ1n) is 5.36. The van der Waals surface area contributed by atoms with Crippen molar-refractivity contribution in [2.24, 2.45) is 0 Å². The fourth-order valence-electron chi connectivity index (χ4n) is 1.50. The number of rotatable bonds is 5. The topological polar surface area (TPSA) is 102 Å². The third-order valence-corrected chi connectivity index (χ3v) is 2.30. The maximum absolute atomic E-state index is 11.5. The second kappa shape index (κ2) is 6.19. The molecular weight excluding hydrogens is 230 g/mol. The van der Waals surface area contributed by atoms with Gasteiger partial charge in [0.2, 0.25) is 5.91 Å². The molecule has 0 aromatic rings. The molecule has 2 unspecified atom stereocenters. The second-order valence-corrected chi connectivity index (χ2v) is 3.55. The van der Waals surface area contributed by atoms with E-state index in [1.165, 1.54) is 0 Å². The summed E-state index contributed by atoms with van der Waals surface area (Å²) in [4.78, 5) is 33.0. The van der Waals surface area contributed by atoms with Crippen molar-refractivity contribution in [3.63, 3.8) is 0 Å². The molecule has 1 aliphatic rings. The first-order valence-corrected chi connectivity index (χ1v) is 5.36. The van der Waals surface area contributed by atoms with Crippen molar-refractivity contribution in [3.8, 4) is 0 Å². The van der Waals surface area contributed by atoms with Crippen LogP contribution >= 0.6 is 0 Å². The first kappa shape index (κ1) is 13.4. The largest absolute Gasteiger partial charge is 0.479 e. The molecule has 0 aliphatic carbocycles. The van der Waals surface area contributed by atoms with Crippen LogP contribution in [0.4, 0.5) is 0 Å². The number of esters is 1. The van der Waals surface area contributed by atoms with E-state index in [1.54, 1.807) is 6.92 Å². The highest BCUT2D eigenvalue weighted by Gasteiger charge is 2.34. The van der Waals surface area contributed by atoms with Gasteiger partial charge in [-0.15, -0.1) is 0 Å². The van der Waals surface area contributed by atoms with Gasteiger partial charge in [0.1, 0.15) is 12.6 Å². The summed E-state index contributed by atoms with van der Waals surface area (Å²) >= 11 is 0. The SMILES string of the molecule is CCOC(=O)CNC(=O)C1CCC(C(=O)O)O1. The normalized spacial score (nSPS) is 23.1. The van der Waals surface area contributed by atoms with E-state index < -0.39 is 30.1 Å².